The number of para-hydroxylation sites is 3. The molecule has 3 aromatic rings. The number of rotatable bonds is 6. The molecule has 0 aliphatic carbocycles. The van der Waals surface area contributed by atoms with E-state index in [0.717, 1.165) is 35.6 Å². The predicted octanol–water partition coefficient (Wildman–Crippen LogP) is 2.96. The van der Waals surface area contributed by atoms with Crippen molar-refractivity contribution in [1.29, 1.82) is 0 Å². The van der Waals surface area contributed by atoms with E-state index in [-0.39, 0.29) is 0 Å². The molecule has 4 nitrogen and oxygen atoms in total. The first-order valence-electron chi connectivity index (χ1n) is 7.20. The number of nitrogens with zero attached hydrogens (tertiary/aromatic N) is 2. The van der Waals surface area contributed by atoms with Crippen LogP contribution in [-0.2, 0) is 13.1 Å². The Morgan fingerprint density at radius 2 is 1.76 bits per heavy atom. The fourth-order valence-corrected chi connectivity index (χ4v) is 2.46. The van der Waals surface area contributed by atoms with E-state index in [2.05, 4.69) is 15.6 Å². The molecule has 0 amide bonds. The second kappa shape index (κ2) is 6.41. The van der Waals surface area contributed by atoms with Crippen molar-refractivity contribution in [2.45, 2.75) is 19.5 Å². The Balaban J connectivity index is 1.65. The number of hydrogen-bond acceptors (Lipinski definition) is 3. The van der Waals surface area contributed by atoms with E-state index in [4.69, 9.17) is 10.5 Å². The lowest BCUT2D eigenvalue weighted by molar-refractivity contribution is 0.302. The van der Waals surface area contributed by atoms with Crippen molar-refractivity contribution in [2.24, 2.45) is 5.73 Å². The summed E-state index contributed by atoms with van der Waals surface area (Å²) in [7, 11) is 0. The van der Waals surface area contributed by atoms with Gasteiger partial charge in [0.15, 0.2) is 0 Å². The third-order valence-electron chi connectivity index (χ3n) is 3.45. The maximum absolute atomic E-state index is 5.80. The molecule has 0 fully saturated rings. The van der Waals surface area contributed by atoms with Gasteiger partial charge in [-0.05, 0) is 30.7 Å². The van der Waals surface area contributed by atoms with Crippen molar-refractivity contribution in [3.63, 3.8) is 0 Å². The fourth-order valence-electron chi connectivity index (χ4n) is 2.46. The van der Waals surface area contributed by atoms with Gasteiger partial charge in [-0.25, -0.2) is 4.98 Å². The van der Waals surface area contributed by atoms with E-state index in [1.807, 2.05) is 48.5 Å². The molecule has 2 N–H and O–H groups in total. The van der Waals surface area contributed by atoms with Gasteiger partial charge in [-0.3, -0.25) is 0 Å². The number of aromatic nitrogens is 2. The molecule has 0 aliphatic rings. The molecule has 0 spiro atoms. The average molecular weight is 281 g/mol. The van der Waals surface area contributed by atoms with Gasteiger partial charge in [0.1, 0.15) is 11.6 Å². The van der Waals surface area contributed by atoms with Gasteiger partial charge < -0.3 is 15.0 Å². The molecule has 0 unspecified atom stereocenters. The fraction of sp³-hybridized carbons (Fsp3) is 0.235. The molecule has 1 aromatic heterocycles. The zero-order valence-corrected chi connectivity index (χ0v) is 11.9. The third kappa shape index (κ3) is 3.06. The predicted molar refractivity (Wildman–Crippen MR) is 84.2 cm³/mol. The zero-order valence-electron chi connectivity index (χ0n) is 11.9. The van der Waals surface area contributed by atoms with Crippen LogP contribution in [0.5, 0.6) is 5.75 Å². The molecule has 0 aliphatic heterocycles. The highest BCUT2D eigenvalue weighted by Crippen LogP contribution is 2.16. The molecule has 2 aromatic carbocycles. The van der Waals surface area contributed by atoms with Gasteiger partial charge in [0, 0.05) is 6.54 Å². The summed E-state index contributed by atoms with van der Waals surface area (Å²) in [5.74, 6) is 1.84. The largest absolute Gasteiger partial charge is 0.494 e. The zero-order chi connectivity index (χ0) is 14.5. The normalized spacial score (nSPS) is 10.9. The van der Waals surface area contributed by atoms with Crippen LogP contribution in [0, 0.1) is 0 Å². The number of benzene rings is 2. The van der Waals surface area contributed by atoms with Gasteiger partial charge in [-0.2, -0.15) is 0 Å². The number of aryl methyl sites for hydroxylation is 1. The van der Waals surface area contributed by atoms with Gasteiger partial charge in [0.05, 0.1) is 24.2 Å². The van der Waals surface area contributed by atoms with Crippen molar-refractivity contribution in [3.8, 4) is 5.75 Å². The Morgan fingerprint density at radius 3 is 2.57 bits per heavy atom. The van der Waals surface area contributed by atoms with Crippen molar-refractivity contribution in [2.75, 3.05) is 6.61 Å². The van der Waals surface area contributed by atoms with Crippen LogP contribution in [0.2, 0.25) is 0 Å². The standard InChI is InChI=1S/C17H19N3O/c18-13-17-19-15-9-4-5-10-16(15)20(17)11-6-12-21-14-7-2-1-3-8-14/h1-5,7-10H,6,11-13,18H2. The minimum absolute atomic E-state index is 0.453. The lowest BCUT2D eigenvalue weighted by Crippen LogP contribution is -2.10. The summed E-state index contributed by atoms with van der Waals surface area (Å²) in [4.78, 5) is 4.57. The molecule has 21 heavy (non-hydrogen) atoms. The maximum Gasteiger partial charge on any atom is 0.123 e. The van der Waals surface area contributed by atoms with Crippen LogP contribution in [-0.4, -0.2) is 16.2 Å². The molecule has 0 atom stereocenters. The second-order valence-corrected chi connectivity index (χ2v) is 4.89. The Kier molecular flexibility index (Phi) is 4.17. The monoisotopic (exact) mass is 281 g/mol. The minimum Gasteiger partial charge on any atom is -0.494 e. The molecule has 0 saturated heterocycles. The van der Waals surface area contributed by atoms with Gasteiger partial charge in [0.25, 0.3) is 0 Å². The molecule has 108 valence electrons. The van der Waals surface area contributed by atoms with E-state index in [9.17, 15) is 0 Å². The average Bonchev–Trinajstić information content (AvgIpc) is 2.90. The van der Waals surface area contributed by atoms with Crippen molar-refractivity contribution in [3.05, 3.63) is 60.4 Å². The van der Waals surface area contributed by atoms with E-state index in [1.54, 1.807) is 0 Å². The number of ether oxygens (including phenoxy) is 1. The molecule has 3 rings (SSSR count). The first kappa shape index (κ1) is 13.6. The highest BCUT2D eigenvalue weighted by Gasteiger charge is 2.08. The lowest BCUT2D eigenvalue weighted by Gasteiger charge is -2.09. The Labute approximate surface area is 124 Å². The van der Waals surface area contributed by atoms with Crippen molar-refractivity contribution in [1.82, 2.24) is 9.55 Å². The molecule has 0 radical (unpaired) electrons. The smallest absolute Gasteiger partial charge is 0.123 e. The summed E-state index contributed by atoms with van der Waals surface area (Å²) in [6.45, 7) is 1.99. The van der Waals surface area contributed by atoms with Gasteiger partial charge >= 0.3 is 0 Å². The first-order chi connectivity index (χ1) is 10.4. The minimum atomic E-state index is 0.453. The van der Waals surface area contributed by atoms with E-state index >= 15 is 0 Å². The highest BCUT2D eigenvalue weighted by molar-refractivity contribution is 5.75. The van der Waals surface area contributed by atoms with Crippen LogP contribution in [0.1, 0.15) is 12.2 Å². The molecule has 0 bridgehead atoms. The molecule has 4 heteroatoms. The van der Waals surface area contributed by atoms with Crippen LogP contribution < -0.4 is 10.5 Å². The summed E-state index contributed by atoms with van der Waals surface area (Å²) in [5.41, 5.74) is 7.93. The van der Waals surface area contributed by atoms with Crippen LogP contribution >= 0.6 is 0 Å². The Hall–Kier alpha value is -2.33. The van der Waals surface area contributed by atoms with Gasteiger partial charge in [-0.1, -0.05) is 30.3 Å². The summed E-state index contributed by atoms with van der Waals surface area (Å²) in [6.07, 6.45) is 0.919. The topological polar surface area (TPSA) is 53.1 Å². The molecule has 1 heterocycles. The van der Waals surface area contributed by atoms with Crippen molar-refractivity contribution >= 4 is 11.0 Å². The lowest BCUT2D eigenvalue weighted by atomic mass is 10.3. The SMILES string of the molecule is NCc1nc2ccccc2n1CCCOc1ccccc1. The number of hydrogen-bond donors (Lipinski definition) is 1. The number of fused-ring (bicyclic) bond motifs is 1. The summed E-state index contributed by atoms with van der Waals surface area (Å²) in [6, 6.07) is 18.0. The summed E-state index contributed by atoms with van der Waals surface area (Å²) < 4.78 is 7.91. The molecular weight excluding hydrogens is 262 g/mol. The Bertz CT molecular complexity index is 706. The Morgan fingerprint density at radius 1 is 1.00 bits per heavy atom. The van der Waals surface area contributed by atoms with Gasteiger partial charge in [-0.15, -0.1) is 0 Å². The summed E-state index contributed by atoms with van der Waals surface area (Å²) >= 11 is 0. The van der Waals surface area contributed by atoms with E-state index in [1.165, 1.54) is 0 Å². The maximum atomic E-state index is 5.80. The highest BCUT2D eigenvalue weighted by atomic mass is 16.5. The first-order valence-corrected chi connectivity index (χ1v) is 7.20. The molecule has 0 saturated carbocycles. The van der Waals surface area contributed by atoms with E-state index in [0.29, 0.717) is 13.2 Å². The van der Waals surface area contributed by atoms with Crippen LogP contribution in [0.15, 0.2) is 54.6 Å². The number of imidazole rings is 1. The third-order valence-corrected chi connectivity index (χ3v) is 3.45. The summed E-state index contributed by atoms with van der Waals surface area (Å²) in [5, 5.41) is 0. The second-order valence-electron chi connectivity index (χ2n) is 4.89. The van der Waals surface area contributed by atoms with Crippen molar-refractivity contribution < 1.29 is 4.74 Å². The van der Waals surface area contributed by atoms with Gasteiger partial charge in [0.2, 0.25) is 0 Å². The van der Waals surface area contributed by atoms with E-state index < -0.39 is 0 Å². The van der Waals surface area contributed by atoms with Crippen LogP contribution in [0.25, 0.3) is 11.0 Å². The molecular formula is C17H19N3O. The van der Waals surface area contributed by atoms with Crippen LogP contribution in [0.3, 0.4) is 0 Å². The number of nitrogens with two attached hydrogens (primary N) is 1. The van der Waals surface area contributed by atoms with Crippen LogP contribution in [0.4, 0.5) is 0 Å². The quantitative estimate of drug-likeness (QED) is 0.707.